The quantitative estimate of drug-likeness (QED) is 0.705. The zero-order valence-electron chi connectivity index (χ0n) is 16.5. The molecule has 1 heterocycles. The van der Waals surface area contributed by atoms with Gasteiger partial charge >= 0.3 is 0 Å². The first kappa shape index (κ1) is 21.1. The maximum Gasteiger partial charge on any atom is 0.290 e. The highest BCUT2D eigenvalue weighted by Gasteiger charge is 2.33. The lowest BCUT2D eigenvalue weighted by Gasteiger charge is -2.38. The van der Waals surface area contributed by atoms with E-state index in [9.17, 15) is 0 Å². The van der Waals surface area contributed by atoms with Crippen molar-refractivity contribution in [3.63, 3.8) is 0 Å². The molecule has 2 aromatic rings. The van der Waals surface area contributed by atoms with E-state index in [2.05, 4.69) is 81.5 Å². The van der Waals surface area contributed by atoms with Crippen molar-refractivity contribution in [1.82, 2.24) is 5.32 Å². The smallest absolute Gasteiger partial charge is 0.290 e. The van der Waals surface area contributed by atoms with Crippen LogP contribution in [0.4, 0.5) is 0 Å². The standard InChI is InChI=1S/C21H28N2O.CH2O2/c1-20(2,3)17-10-8-15(9-11-17)16-6-5-7-18(12-16)21(4)14-23-13-19(22)24-21;2-1-3/h5-12,19,23H,13-14,22H2,1-4H3;1H,(H,2,3). The molecule has 4 N–H and O–H groups in total. The fourth-order valence-electron chi connectivity index (χ4n) is 3.23. The molecule has 1 saturated heterocycles. The summed E-state index contributed by atoms with van der Waals surface area (Å²) < 4.78 is 6.03. The highest BCUT2D eigenvalue weighted by atomic mass is 16.5. The second-order valence-electron chi connectivity index (χ2n) is 8.03. The van der Waals surface area contributed by atoms with E-state index in [0.29, 0.717) is 6.54 Å². The van der Waals surface area contributed by atoms with E-state index in [1.165, 1.54) is 16.7 Å². The SMILES string of the molecule is CC(C)(C)c1ccc(-c2cccc(C3(C)CNCC(N)O3)c2)cc1.O=CO. The highest BCUT2D eigenvalue weighted by molar-refractivity contribution is 5.65. The van der Waals surface area contributed by atoms with Gasteiger partial charge in [0.1, 0.15) is 11.8 Å². The van der Waals surface area contributed by atoms with E-state index in [0.717, 1.165) is 12.1 Å². The minimum absolute atomic E-state index is 0.172. The zero-order valence-corrected chi connectivity index (χ0v) is 16.5. The molecule has 1 aliphatic heterocycles. The first-order valence-electron chi connectivity index (χ1n) is 9.13. The Kier molecular flexibility index (Phi) is 6.76. The average molecular weight is 370 g/mol. The lowest BCUT2D eigenvalue weighted by Crippen LogP contribution is -2.53. The molecule has 0 bridgehead atoms. The molecule has 0 aliphatic carbocycles. The highest BCUT2D eigenvalue weighted by Crippen LogP contribution is 2.32. The Hall–Kier alpha value is -2.21. The third kappa shape index (κ3) is 5.39. The van der Waals surface area contributed by atoms with Gasteiger partial charge in [-0.3, -0.25) is 4.79 Å². The lowest BCUT2D eigenvalue weighted by atomic mass is 9.86. The molecule has 2 atom stereocenters. The van der Waals surface area contributed by atoms with Crippen LogP contribution in [0.15, 0.2) is 48.5 Å². The Morgan fingerprint density at radius 1 is 1.19 bits per heavy atom. The van der Waals surface area contributed by atoms with Gasteiger partial charge < -0.3 is 20.9 Å². The Morgan fingerprint density at radius 3 is 2.37 bits per heavy atom. The summed E-state index contributed by atoms with van der Waals surface area (Å²) in [5.41, 5.74) is 10.7. The van der Waals surface area contributed by atoms with E-state index >= 15 is 0 Å². The van der Waals surface area contributed by atoms with Crippen LogP contribution in [0, 0.1) is 0 Å². The van der Waals surface area contributed by atoms with Crippen molar-refractivity contribution in [1.29, 1.82) is 0 Å². The first-order chi connectivity index (χ1) is 12.7. The predicted octanol–water partition coefficient (Wildman–Crippen LogP) is 3.47. The van der Waals surface area contributed by atoms with E-state index in [-0.39, 0.29) is 23.7 Å². The van der Waals surface area contributed by atoms with Gasteiger partial charge in [0, 0.05) is 13.1 Å². The molecule has 146 valence electrons. The van der Waals surface area contributed by atoms with Crippen LogP contribution in [0.1, 0.15) is 38.8 Å². The molecule has 0 spiro atoms. The predicted molar refractivity (Wildman–Crippen MR) is 109 cm³/mol. The van der Waals surface area contributed by atoms with Crippen LogP contribution in [-0.4, -0.2) is 30.9 Å². The number of hydrogen-bond donors (Lipinski definition) is 3. The van der Waals surface area contributed by atoms with Gasteiger partial charge in [-0.2, -0.15) is 0 Å². The molecule has 1 aliphatic rings. The molecule has 2 aromatic carbocycles. The van der Waals surface area contributed by atoms with Crippen LogP contribution in [0.5, 0.6) is 0 Å². The van der Waals surface area contributed by atoms with Gasteiger partial charge in [0.15, 0.2) is 0 Å². The molecule has 0 radical (unpaired) electrons. The molecule has 1 fully saturated rings. The Labute approximate surface area is 161 Å². The zero-order chi connectivity index (χ0) is 20.1. The van der Waals surface area contributed by atoms with E-state index in [4.69, 9.17) is 20.4 Å². The second kappa shape index (κ2) is 8.65. The van der Waals surface area contributed by atoms with Crippen molar-refractivity contribution in [2.45, 2.75) is 44.9 Å². The summed E-state index contributed by atoms with van der Waals surface area (Å²) >= 11 is 0. The minimum atomic E-state index is -0.390. The van der Waals surface area contributed by atoms with Crippen molar-refractivity contribution in [3.8, 4) is 11.1 Å². The fourth-order valence-corrected chi connectivity index (χ4v) is 3.23. The van der Waals surface area contributed by atoms with Gasteiger partial charge in [-0.15, -0.1) is 0 Å². The number of hydrogen-bond acceptors (Lipinski definition) is 4. The van der Waals surface area contributed by atoms with Crippen molar-refractivity contribution in [2.24, 2.45) is 5.73 Å². The molecule has 0 saturated carbocycles. The number of carbonyl (C=O) groups is 1. The molecule has 0 amide bonds. The Balaban J connectivity index is 0.000000817. The summed E-state index contributed by atoms with van der Waals surface area (Å²) in [6, 6.07) is 17.4. The summed E-state index contributed by atoms with van der Waals surface area (Å²) in [5.74, 6) is 0. The summed E-state index contributed by atoms with van der Waals surface area (Å²) in [4.78, 5) is 8.36. The molecule has 0 aromatic heterocycles. The Bertz CT molecular complexity index is 753. The topological polar surface area (TPSA) is 84.6 Å². The number of carboxylic acid groups (broad SMARTS) is 1. The van der Waals surface area contributed by atoms with Crippen LogP contribution in [0.2, 0.25) is 0 Å². The molecular formula is C22H30N2O3. The van der Waals surface area contributed by atoms with Crippen LogP contribution in [0.25, 0.3) is 11.1 Å². The maximum atomic E-state index is 8.36. The molecule has 27 heavy (non-hydrogen) atoms. The third-order valence-electron chi connectivity index (χ3n) is 4.78. The molecule has 5 heteroatoms. The third-order valence-corrected chi connectivity index (χ3v) is 4.78. The van der Waals surface area contributed by atoms with Gasteiger partial charge in [0.05, 0.1) is 0 Å². The lowest BCUT2D eigenvalue weighted by molar-refractivity contribution is -0.122. The van der Waals surface area contributed by atoms with Crippen molar-refractivity contribution in [2.75, 3.05) is 13.1 Å². The number of rotatable bonds is 2. The van der Waals surface area contributed by atoms with Gasteiger partial charge in [0.25, 0.3) is 6.47 Å². The van der Waals surface area contributed by atoms with Crippen molar-refractivity contribution >= 4 is 6.47 Å². The number of ether oxygens (including phenoxy) is 1. The van der Waals surface area contributed by atoms with Gasteiger partial charge in [-0.05, 0) is 40.7 Å². The van der Waals surface area contributed by atoms with E-state index in [1.807, 2.05) is 0 Å². The molecular weight excluding hydrogens is 340 g/mol. The van der Waals surface area contributed by atoms with Crippen molar-refractivity contribution < 1.29 is 14.6 Å². The van der Waals surface area contributed by atoms with E-state index < -0.39 is 0 Å². The first-order valence-corrected chi connectivity index (χ1v) is 9.13. The maximum absolute atomic E-state index is 8.36. The fraction of sp³-hybridized carbons (Fsp3) is 0.409. The normalized spacial score (nSPS) is 22.5. The number of nitrogens with one attached hydrogen (secondary N) is 1. The van der Waals surface area contributed by atoms with Crippen LogP contribution >= 0.6 is 0 Å². The summed E-state index contributed by atoms with van der Waals surface area (Å²) in [6.45, 7) is 10.0. The van der Waals surface area contributed by atoms with Crippen LogP contribution in [0.3, 0.4) is 0 Å². The Morgan fingerprint density at radius 2 is 1.81 bits per heavy atom. The van der Waals surface area contributed by atoms with E-state index in [1.54, 1.807) is 0 Å². The number of benzene rings is 2. The second-order valence-corrected chi connectivity index (χ2v) is 8.03. The van der Waals surface area contributed by atoms with Gasteiger partial charge in [-0.1, -0.05) is 63.2 Å². The van der Waals surface area contributed by atoms with Crippen molar-refractivity contribution in [3.05, 3.63) is 59.7 Å². The molecule has 3 rings (SSSR count). The molecule has 2 unspecified atom stereocenters. The van der Waals surface area contributed by atoms with Gasteiger partial charge in [-0.25, -0.2) is 0 Å². The van der Waals surface area contributed by atoms with Crippen LogP contribution in [-0.2, 0) is 20.5 Å². The summed E-state index contributed by atoms with van der Waals surface area (Å²) in [7, 11) is 0. The summed E-state index contributed by atoms with van der Waals surface area (Å²) in [5, 5.41) is 10.2. The van der Waals surface area contributed by atoms with Gasteiger partial charge in [0.2, 0.25) is 0 Å². The largest absolute Gasteiger partial charge is 0.483 e. The number of nitrogens with two attached hydrogens (primary N) is 1. The number of morpholine rings is 1. The average Bonchev–Trinajstić information content (AvgIpc) is 2.62. The molecule has 5 nitrogen and oxygen atoms in total. The van der Waals surface area contributed by atoms with Crippen LogP contribution < -0.4 is 11.1 Å². The monoisotopic (exact) mass is 370 g/mol. The minimum Gasteiger partial charge on any atom is -0.483 e. The summed E-state index contributed by atoms with van der Waals surface area (Å²) in [6.07, 6.45) is -0.265.